The van der Waals surface area contributed by atoms with Crippen LogP contribution in [-0.4, -0.2) is 55.1 Å². The minimum Gasteiger partial charge on any atom is -0.378 e. The van der Waals surface area contributed by atoms with E-state index in [1.54, 1.807) is 17.0 Å². The highest BCUT2D eigenvalue weighted by Crippen LogP contribution is 2.31. The first-order valence-electron chi connectivity index (χ1n) is 9.54. The molecule has 0 unspecified atom stereocenters. The summed E-state index contributed by atoms with van der Waals surface area (Å²) >= 11 is 0. The van der Waals surface area contributed by atoms with Crippen LogP contribution in [0, 0.1) is 0 Å². The van der Waals surface area contributed by atoms with Crippen LogP contribution in [0.25, 0.3) is 0 Å². The highest BCUT2D eigenvalue weighted by Gasteiger charge is 2.32. The normalized spacial score (nSPS) is 14.3. The predicted molar refractivity (Wildman–Crippen MR) is 109 cm³/mol. The van der Waals surface area contributed by atoms with Gasteiger partial charge >= 0.3 is 18.0 Å². The fraction of sp³-hybridized carbons (Fsp3) is 0.238. The molecule has 1 fully saturated rings. The standard InChI is InChI=1S/C21H19F3N4O4/c22-21(23,24)16-7-3-1-5-14(16)13-25-27-19(30)18(29)26-17-8-4-2-6-15(17)20(31)28-9-11-32-12-10-28/h1-8,13H,9-12H2,(H,26,29)(H,27,30)/b25-13+. The Morgan fingerprint density at radius 2 is 1.62 bits per heavy atom. The number of ether oxygens (including phenoxy) is 1. The van der Waals surface area contributed by atoms with E-state index < -0.39 is 23.6 Å². The summed E-state index contributed by atoms with van der Waals surface area (Å²) in [5.74, 6) is -2.67. The van der Waals surface area contributed by atoms with Gasteiger partial charge in [-0.15, -0.1) is 0 Å². The van der Waals surface area contributed by atoms with Crippen molar-refractivity contribution in [1.82, 2.24) is 10.3 Å². The first kappa shape index (κ1) is 22.9. The third kappa shape index (κ3) is 5.70. The van der Waals surface area contributed by atoms with Crippen LogP contribution < -0.4 is 10.7 Å². The molecule has 0 aromatic heterocycles. The summed E-state index contributed by atoms with van der Waals surface area (Å²) in [6, 6.07) is 10.8. The molecule has 168 valence electrons. The SMILES string of the molecule is O=C(N/N=C/c1ccccc1C(F)(F)F)C(=O)Nc1ccccc1C(=O)N1CCOCC1. The summed E-state index contributed by atoms with van der Waals surface area (Å²) < 4.78 is 44.2. The smallest absolute Gasteiger partial charge is 0.378 e. The number of para-hydroxylation sites is 1. The molecule has 0 bridgehead atoms. The lowest BCUT2D eigenvalue weighted by Gasteiger charge is -2.27. The summed E-state index contributed by atoms with van der Waals surface area (Å²) in [5.41, 5.74) is 0.987. The van der Waals surface area contributed by atoms with Gasteiger partial charge in [-0.05, 0) is 18.2 Å². The number of hydrogen-bond acceptors (Lipinski definition) is 5. The van der Waals surface area contributed by atoms with E-state index in [2.05, 4.69) is 10.4 Å². The largest absolute Gasteiger partial charge is 0.417 e. The van der Waals surface area contributed by atoms with E-state index >= 15 is 0 Å². The average molecular weight is 448 g/mol. The summed E-state index contributed by atoms with van der Waals surface area (Å²) in [7, 11) is 0. The van der Waals surface area contributed by atoms with E-state index in [4.69, 9.17) is 4.74 Å². The second-order valence-electron chi connectivity index (χ2n) is 6.69. The molecule has 1 heterocycles. The van der Waals surface area contributed by atoms with Crippen molar-refractivity contribution in [2.45, 2.75) is 6.18 Å². The zero-order valence-electron chi connectivity index (χ0n) is 16.7. The van der Waals surface area contributed by atoms with Gasteiger partial charge in [-0.2, -0.15) is 18.3 Å². The highest BCUT2D eigenvalue weighted by atomic mass is 19.4. The first-order valence-corrected chi connectivity index (χ1v) is 9.54. The van der Waals surface area contributed by atoms with Crippen molar-refractivity contribution in [3.8, 4) is 0 Å². The maximum Gasteiger partial charge on any atom is 0.417 e. The van der Waals surface area contributed by atoms with Crippen molar-refractivity contribution < 1.29 is 32.3 Å². The average Bonchev–Trinajstić information content (AvgIpc) is 2.79. The Bertz CT molecular complexity index is 1030. The Balaban J connectivity index is 1.65. The number of anilines is 1. The number of hydrogen-bond donors (Lipinski definition) is 2. The third-order valence-corrected chi connectivity index (χ3v) is 4.55. The molecule has 0 atom stereocenters. The van der Waals surface area contributed by atoms with Crippen molar-refractivity contribution in [3.05, 3.63) is 65.2 Å². The maximum atomic E-state index is 13.0. The maximum absolute atomic E-state index is 13.0. The second kappa shape index (κ2) is 10.1. The Morgan fingerprint density at radius 1 is 0.969 bits per heavy atom. The number of amides is 3. The monoisotopic (exact) mass is 448 g/mol. The minimum absolute atomic E-state index is 0.121. The van der Waals surface area contributed by atoms with Gasteiger partial charge in [0.15, 0.2) is 0 Å². The van der Waals surface area contributed by atoms with Crippen LogP contribution in [0.3, 0.4) is 0 Å². The number of alkyl halides is 3. The molecule has 3 amide bonds. The van der Waals surface area contributed by atoms with Crippen LogP contribution in [0.15, 0.2) is 53.6 Å². The van der Waals surface area contributed by atoms with Crippen molar-refractivity contribution in [1.29, 1.82) is 0 Å². The minimum atomic E-state index is -4.60. The molecule has 8 nitrogen and oxygen atoms in total. The summed E-state index contributed by atoms with van der Waals surface area (Å²) in [6.07, 6.45) is -3.80. The lowest BCUT2D eigenvalue weighted by molar-refractivity contribution is -0.137. The number of hydrazone groups is 1. The van der Waals surface area contributed by atoms with Crippen LogP contribution in [0.2, 0.25) is 0 Å². The van der Waals surface area contributed by atoms with Crippen molar-refractivity contribution in [3.63, 3.8) is 0 Å². The van der Waals surface area contributed by atoms with Crippen LogP contribution >= 0.6 is 0 Å². The van der Waals surface area contributed by atoms with Gasteiger partial charge < -0.3 is 15.0 Å². The fourth-order valence-corrected chi connectivity index (χ4v) is 2.97. The molecule has 2 aromatic carbocycles. The number of benzene rings is 2. The first-order chi connectivity index (χ1) is 15.3. The number of halogens is 3. The molecular formula is C21H19F3N4O4. The summed E-state index contributed by atoms with van der Waals surface area (Å²) in [6.45, 7) is 1.60. The molecule has 0 aliphatic carbocycles. The molecule has 32 heavy (non-hydrogen) atoms. The third-order valence-electron chi connectivity index (χ3n) is 4.55. The van der Waals surface area contributed by atoms with Crippen LogP contribution in [0.1, 0.15) is 21.5 Å². The number of carbonyl (C=O) groups excluding carboxylic acids is 3. The van der Waals surface area contributed by atoms with Gasteiger partial charge in [0.25, 0.3) is 5.91 Å². The second-order valence-corrected chi connectivity index (χ2v) is 6.69. The van der Waals surface area contributed by atoms with E-state index in [1.165, 1.54) is 30.3 Å². The topological polar surface area (TPSA) is 100 Å². The molecule has 2 N–H and O–H groups in total. The summed E-state index contributed by atoms with van der Waals surface area (Å²) in [4.78, 5) is 38.5. The molecule has 0 saturated carbocycles. The van der Waals surface area contributed by atoms with Gasteiger partial charge in [0.1, 0.15) is 0 Å². The molecule has 11 heteroatoms. The van der Waals surface area contributed by atoms with Gasteiger partial charge in [-0.3, -0.25) is 14.4 Å². The van der Waals surface area contributed by atoms with E-state index in [-0.39, 0.29) is 22.7 Å². The highest BCUT2D eigenvalue weighted by molar-refractivity contribution is 6.40. The van der Waals surface area contributed by atoms with Crippen LogP contribution in [0.4, 0.5) is 18.9 Å². The van der Waals surface area contributed by atoms with E-state index in [0.717, 1.165) is 12.3 Å². The van der Waals surface area contributed by atoms with Crippen LogP contribution in [-0.2, 0) is 20.5 Å². The molecular weight excluding hydrogens is 429 g/mol. The van der Waals surface area contributed by atoms with Gasteiger partial charge in [-0.25, -0.2) is 5.43 Å². The molecule has 1 aliphatic rings. The molecule has 1 aliphatic heterocycles. The molecule has 2 aromatic rings. The predicted octanol–water partition coefficient (Wildman–Crippen LogP) is 2.27. The number of rotatable bonds is 4. The van der Waals surface area contributed by atoms with Crippen LogP contribution in [0.5, 0.6) is 0 Å². The number of nitrogens with zero attached hydrogens (tertiary/aromatic N) is 2. The lowest BCUT2D eigenvalue weighted by atomic mass is 10.1. The van der Waals surface area contributed by atoms with Crippen molar-refractivity contribution in [2.75, 3.05) is 31.6 Å². The molecule has 0 spiro atoms. The van der Waals surface area contributed by atoms with Crippen molar-refractivity contribution in [2.24, 2.45) is 5.10 Å². The van der Waals surface area contributed by atoms with Gasteiger partial charge in [-0.1, -0.05) is 30.3 Å². The molecule has 0 radical (unpaired) electrons. The zero-order chi connectivity index (χ0) is 23.1. The van der Waals surface area contributed by atoms with E-state index in [0.29, 0.717) is 26.3 Å². The molecule has 1 saturated heterocycles. The number of morpholine rings is 1. The number of nitrogens with one attached hydrogen (secondary N) is 2. The lowest BCUT2D eigenvalue weighted by Crippen LogP contribution is -2.41. The van der Waals surface area contributed by atoms with Gasteiger partial charge in [0, 0.05) is 18.7 Å². The molecule has 3 rings (SSSR count). The quantitative estimate of drug-likeness (QED) is 0.426. The summed E-state index contributed by atoms with van der Waals surface area (Å²) in [5, 5.41) is 5.77. The van der Waals surface area contributed by atoms with Gasteiger partial charge in [0.05, 0.1) is 36.2 Å². The van der Waals surface area contributed by atoms with Crippen molar-refractivity contribution >= 4 is 29.6 Å². The van der Waals surface area contributed by atoms with Gasteiger partial charge in [0.2, 0.25) is 0 Å². The van der Waals surface area contributed by atoms with E-state index in [9.17, 15) is 27.6 Å². The Kier molecular flexibility index (Phi) is 7.21. The van der Waals surface area contributed by atoms with E-state index in [1.807, 2.05) is 5.43 Å². The zero-order valence-corrected chi connectivity index (χ0v) is 16.7. The fourth-order valence-electron chi connectivity index (χ4n) is 2.97. The Morgan fingerprint density at radius 3 is 2.34 bits per heavy atom. The Labute approximate surface area is 181 Å². The number of carbonyl (C=O) groups is 3. The Hall–Kier alpha value is -3.73.